The summed E-state index contributed by atoms with van der Waals surface area (Å²) in [5.41, 5.74) is 1.29. The Balaban J connectivity index is 1.93. The molecule has 0 radical (unpaired) electrons. The fourth-order valence-electron chi connectivity index (χ4n) is 2.89. The van der Waals surface area contributed by atoms with Gasteiger partial charge in [-0.2, -0.15) is 0 Å². The molecule has 3 unspecified atom stereocenters. The van der Waals surface area contributed by atoms with Gasteiger partial charge in [0.25, 0.3) is 0 Å². The summed E-state index contributed by atoms with van der Waals surface area (Å²) >= 11 is 6.07. The van der Waals surface area contributed by atoms with Crippen molar-refractivity contribution in [2.24, 2.45) is 5.92 Å². The first-order valence-electron chi connectivity index (χ1n) is 7.25. The molecule has 1 aliphatic rings. The highest BCUT2D eigenvalue weighted by Crippen LogP contribution is 2.23. The van der Waals surface area contributed by atoms with Crippen molar-refractivity contribution in [3.63, 3.8) is 0 Å². The Hall–Kier alpha value is -0.570. The lowest BCUT2D eigenvalue weighted by molar-refractivity contribution is 0.198. The Kier molecular flexibility index (Phi) is 5.26. The fraction of sp³-hybridized carbons (Fsp3) is 0.625. The SMILES string of the molecule is CC1CCNC(CN(C)C(C)c2cccc(Cl)c2)C1. The second-order valence-corrected chi connectivity index (χ2v) is 6.39. The zero-order valence-corrected chi connectivity index (χ0v) is 13.0. The number of benzene rings is 1. The number of piperidine rings is 1. The van der Waals surface area contributed by atoms with E-state index in [2.05, 4.69) is 43.2 Å². The molecule has 1 saturated heterocycles. The fourth-order valence-corrected chi connectivity index (χ4v) is 3.09. The Bertz CT molecular complexity index is 407. The van der Waals surface area contributed by atoms with E-state index in [-0.39, 0.29) is 0 Å². The molecule has 19 heavy (non-hydrogen) atoms. The lowest BCUT2D eigenvalue weighted by Crippen LogP contribution is -2.45. The first-order chi connectivity index (χ1) is 9.06. The minimum Gasteiger partial charge on any atom is -0.313 e. The van der Waals surface area contributed by atoms with Gasteiger partial charge in [0.15, 0.2) is 0 Å². The molecule has 3 atom stereocenters. The number of hydrogen-bond donors (Lipinski definition) is 1. The molecule has 1 aliphatic heterocycles. The van der Waals surface area contributed by atoms with Crippen LogP contribution in [0.25, 0.3) is 0 Å². The molecule has 1 N–H and O–H groups in total. The summed E-state index contributed by atoms with van der Waals surface area (Å²) in [6.07, 6.45) is 2.59. The van der Waals surface area contributed by atoms with Gasteiger partial charge in [0.05, 0.1) is 0 Å². The maximum absolute atomic E-state index is 6.07. The molecule has 0 amide bonds. The van der Waals surface area contributed by atoms with Crippen molar-refractivity contribution in [1.82, 2.24) is 10.2 Å². The van der Waals surface area contributed by atoms with Crippen LogP contribution in [0, 0.1) is 5.92 Å². The van der Waals surface area contributed by atoms with Crippen molar-refractivity contribution in [3.8, 4) is 0 Å². The zero-order chi connectivity index (χ0) is 13.8. The molecular weight excluding hydrogens is 256 g/mol. The van der Waals surface area contributed by atoms with Crippen LogP contribution in [0.4, 0.5) is 0 Å². The second-order valence-electron chi connectivity index (χ2n) is 5.95. The molecule has 2 nitrogen and oxygen atoms in total. The van der Waals surface area contributed by atoms with Gasteiger partial charge in [-0.05, 0) is 57.0 Å². The maximum atomic E-state index is 6.07. The summed E-state index contributed by atoms with van der Waals surface area (Å²) in [5.74, 6) is 0.848. The molecule has 0 aromatic heterocycles. The van der Waals surface area contributed by atoms with Crippen molar-refractivity contribution in [2.45, 2.75) is 38.8 Å². The van der Waals surface area contributed by atoms with Gasteiger partial charge in [0, 0.05) is 23.7 Å². The molecular formula is C16H25ClN2. The third-order valence-corrected chi connectivity index (χ3v) is 4.49. The van der Waals surface area contributed by atoms with E-state index < -0.39 is 0 Å². The highest BCUT2D eigenvalue weighted by Gasteiger charge is 2.21. The summed E-state index contributed by atoms with van der Waals surface area (Å²) in [6.45, 7) is 6.86. The Morgan fingerprint density at radius 1 is 1.47 bits per heavy atom. The van der Waals surface area contributed by atoms with Gasteiger partial charge in [0.1, 0.15) is 0 Å². The van der Waals surface area contributed by atoms with Crippen LogP contribution in [0.15, 0.2) is 24.3 Å². The number of halogens is 1. The summed E-state index contributed by atoms with van der Waals surface area (Å²) in [7, 11) is 2.20. The van der Waals surface area contributed by atoms with E-state index in [1.54, 1.807) is 0 Å². The normalized spacial score (nSPS) is 25.5. The van der Waals surface area contributed by atoms with Crippen LogP contribution in [0.5, 0.6) is 0 Å². The summed E-state index contributed by atoms with van der Waals surface area (Å²) in [5, 5.41) is 4.45. The molecule has 1 fully saturated rings. The van der Waals surface area contributed by atoms with Crippen LogP contribution in [0.2, 0.25) is 5.02 Å². The van der Waals surface area contributed by atoms with Gasteiger partial charge >= 0.3 is 0 Å². The molecule has 106 valence electrons. The largest absolute Gasteiger partial charge is 0.313 e. The molecule has 0 saturated carbocycles. The Labute approximate surface area is 122 Å². The van der Waals surface area contributed by atoms with E-state index >= 15 is 0 Å². The number of likely N-dealkylation sites (N-methyl/N-ethyl adjacent to an activating group) is 1. The molecule has 1 aromatic rings. The van der Waals surface area contributed by atoms with Crippen LogP contribution >= 0.6 is 11.6 Å². The third-order valence-electron chi connectivity index (χ3n) is 4.26. The van der Waals surface area contributed by atoms with E-state index in [0.717, 1.165) is 24.0 Å². The van der Waals surface area contributed by atoms with Crippen molar-refractivity contribution < 1.29 is 0 Å². The summed E-state index contributed by atoms with van der Waals surface area (Å²) in [4.78, 5) is 2.42. The molecule has 0 aliphatic carbocycles. The predicted octanol–water partition coefficient (Wildman–Crippen LogP) is 3.72. The van der Waals surface area contributed by atoms with Crippen molar-refractivity contribution in [2.75, 3.05) is 20.1 Å². The Morgan fingerprint density at radius 2 is 2.26 bits per heavy atom. The van der Waals surface area contributed by atoms with E-state index in [9.17, 15) is 0 Å². The standard InChI is InChI=1S/C16H25ClN2/c1-12-7-8-18-16(9-12)11-19(3)13(2)14-5-4-6-15(17)10-14/h4-6,10,12-13,16,18H,7-9,11H2,1-3H3. The quantitative estimate of drug-likeness (QED) is 0.904. The molecule has 0 bridgehead atoms. The highest BCUT2D eigenvalue weighted by atomic mass is 35.5. The van der Waals surface area contributed by atoms with Crippen molar-refractivity contribution >= 4 is 11.6 Å². The van der Waals surface area contributed by atoms with Crippen LogP contribution in [0.1, 0.15) is 38.3 Å². The second kappa shape index (κ2) is 6.74. The molecule has 1 heterocycles. The van der Waals surface area contributed by atoms with Crippen molar-refractivity contribution in [3.05, 3.63) is 34.9 Å². The van der Waals surface area contributed by atoms with Gasteiger partial charge in [-0.3, -0.25) is 4.90 Å². The van der Waals surface area contributed by atoms with Crippen LogP contribution in [-0.4, -0.2) is 31.1 Å². The topological polar surface area (TPSA) is 15.3 Å². The summed E-state index contributed by atoms with van der Waals surface area (Å²) < 4.78 is 0. The minimum atomic E-state index is 0.401. The lowest BCUT2D eigenvalue weighted by atomic mass is 9.93. The number of nitrogens with zero attached hydrogens (tertiary/aromatic N) is 1. The van der Waals surface area contributed by atoms with Gasteiger partial charge in [-0.25, -0.2) is 0 Å². The number of nitrogens with one attached hydrogen (secondary N) is 1. The first-order valence-corrected chi connectivity index (χ1v) is 7.63. The zero-order valence-electron chi connectivity index (χ0n) is 12.2. The predicted molar refractivity (Wildman–Crippen MR) is 82.7 cm³/mol. The molecule has 0 spiro atoms. The summed E-state index contributed by atoms with van der Waals surface area (Å²) in [6, 6.07) is 9.21. The van der Waals surface area contributed by atoms with E-state index in [0.29, 0.717) is 12.1 Å². The molecule has 1 aromatic carbocycles. The molecule has 3 heteroatoms. The van der Waals surface area contributed by atoms with Gasteiger partial charge < -0.3 is 5.32 Å². The first kappa shape index (κ1) is 14.8. The van der Waals surface area contributed by atoms with Crippen LogP contribution in [0.3, 0.4) is 0 Å². The van der Waals surface area contributed by atoms with Gasteiger partial charge in [-0.15, -0.1) is 0 Å². The van der Waals surface area contributed by atoms with Gasteiger partial charge in [-0.1, -0.05) is 30.7 Å². The van der Waals surface area contributed by atoms with E-state index in [1.165, 1.54) is 18.4 Å². The third kappa shape index (κ3) is 4.20. The Morgan fingerprint density at radius 3 is 2.95 bits per heavy atom. The minimum absolute atomic E-state index is 0.401. The number of hydrogen-bond acceptors (Lipinski definition) is 2. The average molecular weight is 281 g/mol. The van der Waals surface area contributed by atoms with Crippen LogP contribution < -0.4 is 5.32 Å². The monoisotopic (exact) mass is 280 g/mol. The van der Waals surface area contributed by atoms with E-state index in [1.807, 2.05) is 12.1 Å². The number of rotatable bonds is 4. The highest BCUT2D eigenvalue weighted by molar-refractivity contribution is 6.30. The van der Waals surface area contributed by atoms with Gasteiger partial charge in [0.2, 0.25) is 0 Å². The molecule has 2 rings (SSSR count). The lowest BCUT2D eigenvalue weighted by Gasteiger charge is -2.34. The van der Waals surface area contributed by atoms with E-state index in [4.69, 9.17) is 11.6 Å². The van der Waals surface area contributed by atoms with Crippen molar-refractivity contribution in [1.29, 1.82) is 0 Å². The average Bonchev–Trinajstić information content (AvgIpc) is 2.38. The van der Waals surface area contributed by atoms with Crippen LogP contribution in [-0.2, 0) is 0 Å². The maximum Gasteiger partial charge on any atom is 0.0409 e. The smallest absolute Gasteiger partial charge is 0.0409 e.